The van der Waals surface area contributed by atoms with Gasteiger partial charge in [-0.1, -0.05) is 32.9 Å². The van der Waals surface area contributed by atoms with Crippen molar-refractivity contribution in [2.24, 2.45) is 0 Å². The van der Waals surface area contributed by atoms with Gasteiger partial charge < -0.3 is 8.94 Å². The normalized spacial score (nSPS) is 10.7. The van der Waals surface area contributed by atoms with Crippen molar-refractivity contribution >= 4 is 0 Å². The number of aryl methyl sites for hydroxylation is 2. The van der Waals surface area contributed by atoms with E-state index < -0.39 is 0 Å². The molecule has 0 unspecified atom stereocenters. The first-order chi connectivity index (χ1) is 8.43. The summed E-state index contributed by atoms with van der Waals surface area (Å²) in [4.78, 5) is 3.95. The van der Waals surface area contributed by atoms with Gasteiger partial charge in [0.25, 0.3) is 0 Å². The van der Waals surface area contributed by atoms with E-state index in [1.165, 1.54) is 5.56 Å². The summed E-state index contributed by atoms with van der Waals surface area (Å²) in [5, 5.41) is 3.86. The largest absolute Gasteiger partial charge is 0.449 e. The predicted octanol–water partition coefficient (Wildman–Crippen LogP) is 4.21. The second-order valence-electron chi connectivity index (χ2n) is 4.92. The Bertz CT molecular complexity index is 437. The number of nitrogens with zero attached hydrogens (tertiary/aromatic N) is 2. The standard InChI is InChI=1S/C8H13NO.C6H9NO/c1-5(2)8-6(3)9-10-7(8)4;1-5(2)6-7-3-4-8-6/h5H,1-4H3;3-5H,1-2H3. The molecule has 18 heavy (non-hydrogen) atoms. The third kappa shape index (κ3) is 3.72. The SMILES string of the molecule is CC(C)c1ncco1.Cc1noc(C)c1C(C)C. The van der Waals surface area contributed by atoms with Crippen LogP contribution in [0.2, 0.25) is 0 Å². The molecule has 4 heteroatoms. The van der Waals surface area contributed by atoms with E-state index in [4.69, 9.17) is 8.94 Å². The molecule has 4 nitrogen and oxygen atoms in total. The van der Waals surface area contributed by atoms with Gasteiger partial charge in [0.05, 0.1) is 11.9 Å². The molecule has 0 N–H and O–H groups in total. The van der Waals surface area contributed by atoms with Crippen LogP contribution in [0.1, 0.15) is 62.4 Å². The van der Waals surface area contributed by atoms with Gasteiger partial charge in [0.2, 0.25) is 0 Å². The number of hydrogen-bond donors (Lipinski definition) is 0. The minimum Gasteiger partial charge on any atom is -0.449 e. The lowest BCUT2D eigenvalue weighted by Gasteiger charge is -2.00. The summed E-state index contributed by atoms with van der Waals surface area (Å²) in [6.07, 6.45) is 3.25. The molecule has 0 aliphatic rings. The first-order valence-electron chi connectivity index (χ1n) is 6.25. The maximum absolute atomic E-state index is 5.01. The highest BCUT2D eigenvalue weighted by molar-refractivity contribution is 5.23. The number of rotatable bonds is 2. The van der Waals surface area contributed by atoms with Crippen LogP contribution >= 0.6 is 0 Å². The zero-order valence-corrected chi connectivity index (χ0v) is 12.0. The highest BCUT2D eigenvalue weighted by Crippen LogP contribution is 2.21. The molecule has 0 saturated carbocycles. The van der Waals surface area contributed by atoms with Crippen LogP contribution in [0.5, 0.6) is 0 Å². The summed E-state index contributed by atoms with van der Waals surface area (Å²) >= 11 is 0. The minimum atomic E-state index is 0.407. The average Bonchev–Trinajstić information content (AvgIpc) is 2.89. The summed E-state index contributed by atoms with van der Waals surface area (Å²) in [5.74, 6) is 2.69. The van der Waals surface area contributed by atoms with Crippen LogP contribution in [-0.4, -0.2) is 10.1 Å². The van der Waals surface area contributed by atoms with Gasteiger partial charge in [-0.05, 0) is 19.8 Å². The highest BCUT2D eigenvalue weighted by Gasteiger charge is 2.11. The summed E-state index contributed by atoms with van der Waals surface area (Å²) in [5.41, 5.74) is 2.27. The zero-order chi connectivity index (χ0) is 13.7. The topological polar surface area (TPSA) is 52.1 Å². The van der Waals surface area contributed by atoms with Crippen molar-refractivity contribution in [2.45, 2.75) is 53.4 Å². The van der Waals surface area contributed by atoms with Gasteiger partial charge in [-0.2, -0.15) is 0 Å². The summed E-state index contributed by atoms with van der Waals surface area (Å²) < 4.78 is 9.99. The average molecular weight is 250 g/mol. The fraction of sp³-hybridized carbons (Fsp3) is 0.571. The van der Waals surface area contributed by atoms with Gasteiger partial charge in [-0.3, -0.25) is 0 Å². The van der Waals surface area contributed by atoms with Gasteiger partial charge in [0, 0.05) is 11.5 Å². The maximum Gasteiger partial charge on any atom is 0.196 e. The number of hydrogen-bond acceptors (Lipinski definition) is 4. The van der Waals surface area contributed by atoms with Gasteiger partial charge in [0.1, 0.15) is 12.0 Å². The molecule has 0 spiro atoms. The lowest BCUT2D eigenvalue weighted by atomic mass is 10.0. The Hall–Kier alpha value is -1.58. The minimum absolute atomic E-state index is 0.407. The van der Waals surface area contributed by atoms with E-state index >= 15 is 0 Å². The molecule has 0 saturated heterocycles. The van der Waals surface area contributed by atoms with Crippen molar-refractivity contribution in [3.05, 3.63) is 35.4 Å². The molecule has 0 amide bonds. The van der Waals surface area contributed by atoms with Crippen LogP contribution in [0.4, 0.5) is 0 Å². The van der Waals surface area contributed by atoms with E-state index in [1.54, 1.807) is 12.5 Å². The Morgan fingerprint density at radius 3 is 1.94 bits per heavy atom. The molecule has 0 bridgehead atoms. The van der Waals surface area contributed by atoms with Crippen molar-refractivity contribution < 1.29 is 8.94 Å². The lowest BCUT2D eigenvalue weighted by molar-refractivity contribution is 0.392. The summed E-state index contributed by atoms with van der Waals surface area (Å²) in [7, 11) is 0. The van der Waals surface area contributed by atoms with Crippen LogP contribution in [0, 0.1) is 13.8 Å². The molecule has 100 valence electrons. The van der Waals surface area contributed by atoms with Crippen molar-refractivity contribution in [1.82, 2.24) is 10.1 Å². The molecule has 0 aliphatic heterocycles. The molecular weight excluding hydrogens is 228 g/mol. The third-order valence-electron chi connectivity index (χ3n) is 2.61. The van der Waals surface area contributed by atoms with Crippen molar-refractivity contribution in [1.29, 1.82) is 0 Å². The first-order valence-corrected chi connectivity index (χ1v) is 6.25. The fourth-order valence-corrected chi connectivity index (χ4v) is 1.83. The van der Waals surface area contributed by atoms with Crippen molar-refractivity contribution in [2.75, 3.05) is 0 Å². The molecule has 2 heterocycles. The van der Waals surface area contributed by atoms with E-state index in [0.29, 0.717) is 11.8 Å². The van der Waals surface area contributed by atoms with Gasteiger partial charge in [-0.25, -0.2) is 4.98 Å². The molecular formula is C14H22N2O2. The van der Waals surface area contributed by atoms with Gasteiger partial charge in [-0.15, -0.1) is 0 Å². The quantitative estimate of drug-likeness (QED) is 0.801. The second kappa shape index (κ2) is 6.38. The van der Waals surface area contributed by atoms with E-state index in [-0.39, 0.29) is 0 Å². The molecule has 2 aromatic rings. The molecule has 0 radical (unpaired) electrons. The monoisotopic (exact) mass is 250 g/mol. The predicted molar refractivity (Wildman–Crippen MR) is 70.7 cm³/mol. The number of aromatic nitrogens is 2. The molecule has 2 aromatic heterocycles. The number of oxazole rings is 1. The summed E-state index contributed by atoms with van der Waals surface area (Å²) in [6.45, 7) is 12.3. The zero-order valence-electron chi connectivity index (χ0n) is 12.0. The van der Waals surface area contributed by atoms with E-state index in [2.05, 4.69) is 24.0 Å². The Kier molecular flexibility index (Phi) is 5.13. The van der Waals surface area contributed by atoms with Gasteiger partial charge in [0.15, 0.2) is 5.89 Å². The molecule has 0 fully saturated rings. The van der Waals surface area contributed by atoms with Crippen LogP contribution in [0.25, 0.3) is 0 Å². The van der Waals surface area contributed by atoms with Crippen LogP contribution < -0.4 is 0 Å². The smallest absolute Gasteiger partial charge is 0.196 e. The maximum atomic E-state index is 5.01. The Morgan fingerprint density at radius 1 is 1.06 bits per heavy atom. The molecule has 0 atom stereocenters. The second-order valence-corrected chi connectivity index (χ2v) is 4.92. The van der Waals surface area contributed by atoms with E-state index in [1.807, 2.05) is 27.7 Å². The van der Waals surface area contributed by atoms with Crippen molar-refractivity contribution in [3.8, 4) is 0 Å². The van der Waals surface area contributed by atoms with E-state index in [0.717, 1.165) is 17.3 Å². The van der Waals surface area contributed by atoms with E-state index in [9.17, 15) is 0 Å². The molecule has 2 rings (SSSR count). The Labute approximate surface area is 108 Å². The Balaban J connectivity index is 0.000000184. The Morgan fingerprint density at radius 2 is 1.72 bits per heavy atom. The van der Waals surface area contributed by atoms with Crippen LogP contribution in [0.3, 0.4) is 0 Å². The van der Waals surface area contributed by atoms with Crippen LogP contribution in [-0.2, 0) is 0 Å². The highest BCUT2D eigenvalue weighted by atomic mass is 16.5. The third-order valence-corrected chi connectivity index (χ3v) is 2.61. The fourth-order valence-electron chi connectivity index (χ4n) is 1.83. The molecule has 0 aromatic carbocycles. The molecule has 0 aliphatic carbocycles. The van der Waals surface area contributed by atoms with Crippen molar-refractivity contribution in [3.63, 3.8) is 0 Å². The first kappa shape index (κ1) is 14.5. The van der Waals surface area contributed by atoms with Gasteiger partial charge >= 0.3 is 0 Å². The summed E-state index contributed by atoms with van der Waals surface area (Å²) in [6, 6.07) is 0. The lowest BCUT2D eigenvalue weighted by Crippen LogP contribution is -1.89. The van der Waals surface area contributed by atoms with Crippen LogP contribution in [0.15, 0.2) is 21.4 Å².